The van der Waals surface area contributed by atoms with Crippen molar-refractivity contribution in [1.29, 1.82) is 0 Å². The van der Waals surface area contributed by atoms with E-state index in [1.165, 1.54) is 19.2 Å². The van der Waals surface area contributed by atoms with Crippen molar-refractivity contribution in [2.75, 3.05) is 0 Å². The zero-order valence-electron chi connectivity index (χ0n) is 14.3. The molecule has 0 aliphatic rings. The molecule has 0 radical (unpaired) electrons. The second kappa shape index (κ2) is 7.07. The molecule has 0 unspecified atom stereocenters. The Kier molecular flexibility index (Phi) is 4.97. The molecule has 0 amide bonds. The lowest BCUT2D eigenvalue weighted by atomic mass is 10.1. The summed E-state index contributed by atoms with van der Waals surface area (Å²) in [5, 5.41) is 7.43. The SMILES string of the molecule is Cc1ccc(Cl)c(OCc2c(-n3nnn(C)c3=O)cccc2C(F)(F)F)c1. The predicted octanol–water partition coefficient (Wildman–Crippen LogP) is 3.53. The Labute approximate surface area is 156 Å². The van der Waals surface area contributed by atoms with Crippen molar-refractivity contribution < 1.29 is 17.9 Å². The first-order chi connectivity index (χ1) is 12.7. The molecule has 3 aromatic rings. The van der Waals surface area contributed by atoms with Crippen LogP contribution in [-0.2, 0) is 19.8 Å². The van der Waals surface area contributed by atoms with E-state index in [4.69, 9.17) is 16.3 Å². The van der Waals surface area contributed by atoms with Gasteiger partial charge in [0.05, 0.1) is 16.3 Å². The number of aromatic nitrogens is 4. The minimum absolute atomic E-state index is 0.0632. The highest BCUT2D eigenvalue weighted by atomic mass is 35.5. The summed E-state index contributed by atoms with van der Waals surface area (Å²) < 4.78 is 47.8. The minimum Gasteiger partial charge on any atom is -0.487 e. The van der Waals surface area contributed by atoms with Gasteiger partial charge in [-0.2, -0.15) is 22.5 Å². The van der Waals surface area contributed by atoms with E-state index in [1.54, 1.807) is 25.1 Å². The number of hydrogen-bond acceptors (Lipinski definition) is 4. The third-order valence-electron chi connectivity index (χ3n) is 3.87. The van der Waals surface area contributed by atoms with Gasteiger partial charge in [0, 0.05) is 12.6 Å². The lowest BCUT2D eigenvalue weighted by Gasteiger charge is -2.17. The molecular weight excluding hydrogens is 385 g/mol. The Morgan fingerprint density at radius 3 is 2.56 bits per heavy atom. The van der Waals surface area contributed by atoms with Crippen LogP contribution in [0.3, 0.4) is 0 Å². The van der Waals surface area contributed by atoms with Crippen LogP contribution in [0.1, 0.15) is 16.7 Å². The Morgan fingerprint density at radius 1 is 1.19 bits per heavy atom. The number of hydrogen-bond donors (Lipinski definition) is 0. The van der Waals surface area contributed by atoms with Gasteiger partial charge in [-0.3, -0.25) is 0 Å². The minimum atomic E-state index is -4.64. The molecule has 0 saturated heterocycles. The van der Waals surface area contributed by atoms with Crippen molar-refractivity contribution >= 4 is 11.6 Å². The topological polar surface area (TPSA) is 61.9 Å². The van der Waals surface area contributed by atoms with Crippen LogP contribution in [-0.4, -0.2) is 19.8 Å². The molecule has 0 fully saturated rings. The third kappa shape index (κ3) is 3.82. The molecule has 0 aliphatic carbocycles. The molecule has 0 aliphatic heterocycles. The zero-order chi connectivity index (χ0) is 19.8. The average molecular weight is 399 g/mol. The molecule has 0 saturated carbocycles. The molecule has 3 rings (SSSR count). The Balaban J connectivity index is 2.10. The largest absolute Gasteiger partial charge is 0.487 e. The van der Waals surface area contributed by atoms with E-state index in [1.807, 2.05) is 0 Å². The van der Waals surface area contributed by atoms with Gasteiger partial charge in [-0.05, 0) is 47.2 Å². The first-order valence-corrected chi connectivity index (χ1v) is 8.13. The van der Waals surface area contributed by atoms with Gasteiger partial charge in [0.25, 0.3) is 0 Å². The smallest absolute Gasteiger partial charge is 0.416 e. The number of benzene rings is 2. The zero-order valence-corrected chi connectivity index (χ0v) is 15.0. The fraction of sp³-hybridized carbons (Fsp3) is 0.235. The summed E-state index contributed by atoms with van der Waals surface area (Å²) in [7, 11) is 1.35. The molecule has 0 bridgehead atoms. The summed E-state index contributed by atoms with van der Waals surface area (Å²) in [6, 6.07) is 8.43. The number of tetrazole rings is 1. The van der Waals surface area contributed by atoms with Crippen molar-refractivity contribution in [2.45, 2.75) is 19.7 Å². The van der Waals surface area contributed by atoms with Crippen LogP contribution in [0.25, 0.3) is 5.69 Å². The van der Waals surface area contributed by atoms with Gasteiger partial charge >= 0.3 is 11.9 Å². The average Bonchev–Trinajstić information content (AvgIpc) is 2.93. The molecule has 27 heavy (non-hydrogen) atoms. The van der Waals surface area contributed by atoms with E-state index in [9.17, 15) is 18.0 Å². The highest BCUT2D eigenvalue weighted by Gasteiger charge is 2.35. The van der Waals surface area contributed by atoms with Crippen LogP contribution in [0.15, 0.2) is 41.2 Å². The molecule has 6 nitrogen and oxygen atoms in total. The maximum Gasteiger partial charge on any atom is 0.416 e. The molecule has 0 N–H and O–H groups in total. The second-order valence-corrected chi connectivity index (χ2v) is 6.23. The standard InChI is InChI=1S/C17H14ClF3N4O2/c1-10-6-7-13(18)15(8-10)27-9-11-12(17(19,20)21)4-3-5-14(11)25-16(26)24(2)22-23-25/h3-8H,9H2,1-2H3. The predicted molar refractivity (Wildman–Crippen MR) is 92.1 cm³/mol. The summed E-state index contributed by atoms with van der Waals surface area (Å²) in [6.07, 6.45) is -4.64. The molecular formula is C17H14ClF3N4O2. The van der Waals surface area contributed by atoms with Crippen LogP contribution in [0.5, 0.6) is 5.75 Å². The van der Waals surface area contributed by atoms with Crippen molar-refractivity contribution in [3.8, 4) is 11.4 Å². The van der Waals surface area contributed by atoms with Crippen LogP contribution >= 0.6 is 11.6 Å². The first-order valence-electron chi connectivity index (χ1n) is 7.76. The van der Waals surface area contributed by atoms with Crippen molar-refractivity contribution in [3.05, 3.63) is 68.6 Å². The second-order valence-electron chi connectivity index (χ2n) is 5.82. The third-order valence-corrected chi connectivity index (χ3v) is 4.18. The van der Waals surface area contributed by atoms with Crippen LogP contribution < -0.4 is 10.4 Å². The number of rotatable bonds is 4. The maximum atomic E-state index is 13.5. The molecule has 0 atom stereocenters. The highest BCUT2D eigenvalue weighted by Crippen LogP contribution is 2.35. The lowest BCUT2D eigenvalue weighted by Crippen LogP contribution is -2.24. The van der Waals surface area contributed by atoms with Crippen molar-refractivity contribution in [2.24, 2.45) is 7.05 Å². The summed E-state index contributed by atoms with van der Waals surface area (Å²) in [5.41, 5.74) is -1.08. The van der Waals surface area contributed by atoms with Crippen molar-refractivity contribution in [1.82, 2.24) is 19.8 Å². The summed E-state index contributed by atoms with van der Waals surface area (Å²) >= 11 is 6.05. The van der Waals surface area contributed by atoms with E-state index in [-0.39, 0.29) is 22.0 Å². The quantitative estimate of drug-likeness (QED) is 0.674. The van der Waals surface area contributed by atoms with Gasteiger partial charge in [0.2, 0.25) is 0 Å². The van der Waals surface area contributed by atoms with E-state index in [2.05, 4.69) is 10.4 Å². The number of alkyl halides is 3. The normalized spacial score (nSPS) is 11.6. The van der Waals surface area contributed by atoms with Crippen LogP contribution in [0.2, 0.25) is 5.02 Å². The monoisotopic (exact) mass is 398 g/mol. The summed E-state index contributed by atoms with van der Waals surface area (Å²) in [5.74, 6) is 0.242. The number of aryl methyl sites for hydroxylation is 2. The molecule has 10 heteroatoms. The highest BCUT2D eigenvalue weighted by molar-refractivity contribution is 6.32. The molecule has 142 valence electrons. The fourth-order valence-corrected chi connectivity index (χ4v) is 2.70. The Hall–Kier alpha value is -2.81. The van der Waals surface area contributed by atoms with Crippen LogP contribution in [0.4, 0.5) is 13.2 Å². The van der Waals surface area contributed by atoms with Gasteiger partial charge in [-0.25, -0.2) is 4.79 Å². The van der Waals surface area contributed by atoms with Gasteiger partial charge < -0.3 is 4.74 Å². The van der Waals surface area contributed by atoms with E-state index >= 15 is 0 Å². The van der Waals surface area contributed by atoms with Gasteiger partial charge in [0.15, 0.2) is 0 Å². The van der Waals surface area contributed by atoms with Gasteiger partial charge in [0.1, 0.15) is 12.4 Å². The molecule has 1 aromatic heterocycles. The van der Waals surface area contributed by atoms with Gasteiger partial charge in [-0.1, -0.05) is 23.7 Å². The van der Waals surface area contributed by atoms with E-state index in [0.29, 0.717) is 0 Å². The fourth-order valence-electron chi connectivity index (χ4n) is 2.53. The number of halogens is 4. The Bertz CT molecular complexity index is 1040. The number of nitrogens with zero attached hydrogens (tertiary/aromatic N) is 4. The van der Waals surface area contributed by atoms with Crippen molar-refractivity contribution in [3.63, 3.8) is 0 Å². The molecule has 0 spiro atoms. The molecule has 2 aromatic carbocycles. The Morgan fingerprint density at radius 2 is 1.93 bits per heavy atom. The number of ether oxygens (including phenoxy) is 1. The first kappa shape index (κ1) is 19.0. The van der Waals surface area contributed by atoms with Gasteiger partial charge in [-0.15, -0.1) is 0 Å². The van der Waals surface area contributed by atoms with E-state index in [0.717, 1.165) is 21.0 Å². The van der Waals surface area contributed by atoms with E-state index < -0.39 is 24.0 Å². The summed E-state index contributed by atoms with van der Waals surface area (Å²) in [4.78, 5) is 12.1. The summed E-state index contributed by atoms with van der Waals surface area (Å²) in [6.45, 7) is 1.34. The maximum absolute atomic E-state index is 13.5. The van der Waals surface area contributed by atoms with Crippen LogP contribution in [0, 0.1) is 6.92 Å². The lowest BCUT2D eigenvalue weighted by molar-refractivity contribution is -0.138. The molecule has 1 heterocycles.